The van der Waals surface area contributed by atoms with Crippen molar-refractivity contribution in [3.05, 3.63) is 0 Å². The van der Waals surface area contributed by atoms with Crippen LogP contribution in [0.5, 0.6) is 0 Å². The number of aliphatic hydroxyl groups is 1. The van der Waals surface area contributed by atoms with Gasteiger partial charge in [-0.3, -0.25) is 0 Å². The molecule has 106 valence electrons. The second kappa shape index (κ2) is 6.38. The summed E-state index contributed by atoms with van der Waals surface area (Å²) < 4.78 is 5.15. The lowest BCUT2D eigenvalue weighted by molar-refractivity contribution is 0.0417. The van der Waals surface area contributed by atoms with Crippen LogP contribution in [0.25, 0.3) is 0 Å². The first-order valence-electron chi connectivity index (χ1n) is 6.64. The van der Waals surface area contributed by atoms with Crippen LogP contribution < -0.4 is 10.6 Å². The molecule has 1 aliphatic rings. The Kier molecular flexibility index (Phi) is 5.41. The van der Waals surface area contributed by atoms with E-state index in [4.69, 9.17) is 9.84 Å². The van der Waals surface area contributed by atoms with Crippen LogP contribution >= 0.6 is 0 Å². The molecule has 0 heterocycles. The van der Waals surface area contributed by atoms with Gasteiger partial charge in [-0.05, 0) is 53.0 Å². The summed E-state index contributed by atoms with van der Waals surface area (Å²) in [6.07, 6.45) is 1.29. The molecule has 1 saturated carbocycles. The van der Waals surface area contributed by atoms with Gasteiger partial charge in [0.25, 0.3) is 0 Å². The summed E-state index contributed by atoms with van der Waals surface area (Å²) in [5.74, 6) is 0.573. The van der Waals surface area contributed by atoms with Crippen LogP contribution in [0.2, 0.25) is 0 Å². The third-order valence-electron chi connectivity index (χ3n) is 2.92. The topological polar surface area (TPSA) is 70.6 Å². The summed E-state index contributed by atoms with van der Waals surface area (Å²) in [6.45, 7) is 8.99. The molecule has 5 heteroatoms. The van der Waals surface area contributed by atoms with Gasteiger partial charge < -0.3 is 20.5 Å². The Morgan fingerprint density at radius 3 is 2.56 bits per heavy atom. The molecule has 18 heavy (non-hydrogen) atoms. The second-order valence-electron chi connectivity index (χ2n) is 6.18. The monoisotopic (exact) mass is 258 g/mol. The molecule has 1 amide bonds. The molecule has 1 fully saturated rings. The molecule has 5 nitrogen and oxygen atoms in total. The molecule has 0 radical (unpaired) electrons. The van der Waals surface area contributed by atoms with E-state index in [-0.39, 0.29) is 18.2 Å². The molecule has 0 aromatic heterocycles. The highest BCUT2D eigenvalue weighted by atomic mass is 16.6. The van der Waals surface area contributed by atoms with Crippen molar-refractivity contribution in [1.29, 1.82) is 0 Å². The first-order valence-corrected chi connectivity index (χ1v) is 6.64. The molecule has 1 unspecified atom stereocenters. The van der Waals surface area contributed by atoms with Crippen LogP contribution in [0.4, 0.5) is 4.79 Å². The number of carbonyl (C=O) groups is 1. The first-order chi connectivity index (χ1) is 8.26. The van der Waals surface area contributed by atoms with Crippen LogP contribution in [0.15, 0.2) is 0 Å². The van der Waals surface area contributed by atoms with E-state index in [0.717, 1.165) is 19.4 Å². The van der Waals surface area contributed by atoms with E-state index in [2.05, 4.69) is 10.6 Å². The third-order valence-corrected chi connectivity index (χ3v) is 2.92. The van der Waals surface area contributed by atoms with Crippen molar-refractivity contribution < 1.29 is 14.6 Å². The predicted octanol–water partition coefficient (Wildman–Crippen LogP) is 1.26. The fourth-order valence-corrected chi connectivity index (χ4v) is 1.86. The molecule has 0 aliphatic heterocycles. The average molecular weight is 258 g/mol. The zero-order valence-corrected chi connectivity index (χ0v) is 11.8. The van der Waals surface area contributed by atoms with Crippen molar-refractivity contribution in [1.82, 2.24) is 10.6 Å². The number of nitrogens with one attached hydrogen (secondary N) is 2. The van der Waals surface area contributed by atoms with Gasteiger partial charge in [-0.1, -0.05) is 0 Å². The first kappa shape index (κ1) is 15.2. The molecule has 0 saturated heterocycles. The van der Waals surface area contributed by atoms with Gasteiger partial charge in [-0.2, -0.15) is 0 Å². The highest BCUT2D eigenvalue weighted by Crippen LogP contribution is 2.26. The summed E-state index contributed by atoms with van der Waals surface area (Å²) in [7, 11) is 0. The molecule has 0 aromatic carbocycles. The van der Waals surface area contributed by atoms with E-state index >= 15 is 0 Å². The standard InChI is InChI=1S/C13H26N2O3/c1-9(14-8-10-5-11(16)6-10)7-15-12(17)18-13(2,3)4/h9-11,14,16H,5-8H2,1-4H3,(H,15,17). The van der Waals surface area contributed by atoms with Crippen molar-refractivity contribution >= 4 is 6.09 Å². The van der Waals surface area contributed by atoms with E-state index in [9.17, 15) is 4.79 Å². The summed E-state index contributed by atoms with van der Waals surface area (Å²) >= 11 is 0. The smallest absolute Gasteiger partial charge is 0.407 e. The number of rotatable bonds is 5. The Balaban J connectivity index is 2.05. The maximum atomic E-state index is 11.4. The minimum atomic E-state index is -0.456. The number of aliphatic hydroxyl groups excluding tert-OH is 1. The average Bonchev–Trinajstić information content (AvgIpc) is 2.17. The summed E-state index contributed by atoms with van der Waals surface area (Å²) in [5.41, 5.74) is -0.456. The summed E-state index contributed by atoms with van der Waals surface area (Å²) in [5, 5.41) is 15.2. The van der Waals surface area contributed by atoms with Gasteiger partial charge in [0.15, 0.2) is 0 Å². The fraction of sp³-hybridized carbons (Fsp3) is 0.923. The van der Waals surface area contributed by atoms with Crippen molar-refractivity contribution in [3.8, 4) is 0 Å². The number of hydrogen-bond donors (Lipinski definition) is 3. The number of alkyl carbamates (subject to hydrolysis) is 1. The zero-order chi connectivity index (χ0) is 13.8. The normalized spacial score (nSPS) is 25.2. The Morgan fingerprint density at radius 2 is 2.06 bits per heavy atom. The van der Waals surface area contributed by atoms with Crippen molar-refractivity contribution in [2.24, 2.45) is 5.92 Å². The highest BCUT2D eigenvalue weighted by Gasteiger charge is 2.26. The Morgan fingerprint density at radius 1 is 1.44 bits per heavy atom. The Bertz CT molecular complexity index is 270. The van der Waals surface area contributed by atoms with E-state index in [1.807, 2.05) is 27.7 Å². The molecular formula is C13H26N2O3. The molecule has 1 rings (SSSR count). The maximum absolute atomic E-state index is 11.4. The number of hydrogen-bond acceptors (Lipinski definition) is 4. The van der Waals surface area contributed by atoms with Gasteiger partial charge in [0.1, 0.15) is 5.60 Å². The highest BCUT2D eigenvalue weighted by molar-refractivity contribution is 5.67. The molecule has 1 aliphatic carbocycles. The van der Waals surface area contributed by atoms with E-state index in [0.29, 0.717) is 12.5 Å². The SMILES string of the molecule is CC(CNC(=O)OC(C)(C)C)NCC1CC(O)C1. The molecule has 0 spiro atoms. The Hall–Kier alpha value is -0.810. The lowest BCUT2D eigenvalue weighted by Gasteiger charge is -2.32. The Labute approximate surface area is 109 Å². The lowest BCUT2D eigenvalue weighted by atomic mass is 9.82. The fourth-order valence-electron chi connectivity index (χ4n) is 1.86. The number of ether oxygens (including phenoxy) is 1. The van der Waals surface area contributed by atoms with Crippen LogP contribution in [0, 0.1) is 5.92 Å². The van der Waals surface area contributed by atoms with Crippen LogP contribution in [-0.4, -0.2) is 42.0 Å². The number of carbonyl (C=O) groups excluding carboxylic acids is 1. The van der Waals surface area contributed by atoms with Crippen LogP contribution in [-0.2, 0) is 4.74 Å². The lowest BCUT2D eigenvalue weighted by Crippen LogP contribution is -2.44. The van der Waals surface area contributed by atoms with Gasteiger partial charge in [0.2, 0.25) is 0 Å². The molecule has 1 atom stereocenters. The van der Waals surface area contributed by atoms with Gasteiger partial charge in [0.05, 0.1) is 6.10 Å². The predicted molar refractivity (Wildman–Crippen MR) is 70.4 cm³/mol. The van der Waals surface area contributed by atoms with Gasteiger partial charge in [0, 0.05) is 12.6 Å². The van der Waals surface area contributed by atoms with Crippen molar-refractivity contribution in [2.75, 3.05) is 13.1 Å². The van der Waals surface area contributed by atoms with Crippen LogP contribution in [0.1, 0.15) is 40.5 Å². The zero-order valence-electron chi connectivity index (χ0n) is 11.8. The van der Waals surface area contributed by atoms with Gasteiger partial charge in [-0.25, -0.2) is 4.79 Å². The molecular weight excluding hydrogens is 232 g/mol. The van der Waals surface area contributed by atoms with E-state index in [1.54, 1.807) is 0 Å². The molecule has 0 aromatic rings. The second-order valence-corrected chi connectivity index (χ2v) is 6.18. The quantitative estimate of drug-likeness (QED) is 0.694. The minimum absolute atomic E-state index is 0.105. The minimum Gasteiger partial charge on any atom is -0.444 e. The van der Waals surface area contributed by atoms with Crippen LogP contribution in [0.3, 0.4) is 0 Å². The molecule has 3 N–H and O–H groups in total. The van der Waals surface area contributed by atoms with E-state index in [1.165, 1.54) is 0 Å². The van der Waals surface area contributed by atoms with Gasteiger partial charge >= 0.3 is 6.09 Å². The van der Waals surface area contributed by atoms with Crippen molar-refractivity contribution in [3.63, 3.8) is 0 Å². The van der Waals surface area contributed by atoms with Crippen molar-refractivity contribution in [2.45, 2.75) is 58.3 Å². The largest absolute Gasteiger partial charge is 0.444 e. The molecule has 0 bridgehead atoms. The van der Waals surface area contributed by atoms with E-state index < -0.39 is 5.60 Å². The number of amides is 1. The third kappa shape index (κ3) is 6.21. The summed E-state index contributed by atoms with van der Waals surface area (Å²) in [6, 6.07) is 0.204. The maximum Gasteiger partial charge on any atom is 0.407 e. The van der Waals surface area contributed by atoms with Gasteiger partial charge in [-0.15, -0.1) is 0 Å². The summed E-state index contributed by atoms with van der Waals surface area (Å²) in [4.78, 5) is 11.4.